The van der Waals surface area contributed by atoms with Gasteiger partial charge in [0.05, 0.1) is 0 Å². The molecule has 2 rings (SSSR count). The molecule has 0 aromatic carbocycles. The first kappa shape index (κ1) is 8.42. The fourth-order valence-electron chi connectivity index (χ4n) is 2.22. The maximum Gasteiger partial charge on any atom is 0.160 e. The molecule has 2 nitrogen and oxygen atoms in total. The van der Waals surface area contributed by atoms with Crippen LogP contribution in [0.25, 0.3) is 0 Å². The van der Waals surface area contributed by atoms with Crippen LogP contribution in [0, 0.1) is 17.8 Å². The fourth-order valence-corrected chi connectivity index (χ4v) is 2.22. The van der Waals surface area contributed by atoms with Gasteiger partial charge in [-0.05, 0) is 24.5 Å². The minimum atomic E-state index is -0.0949. The van der Waals surface area contributed by atoms with E-state index in [1.165, 1.54) is 12.2 Å². The fraction of sp³-hybridized carbons (Fsp3) is 0.455. The maximum absolute atomic E-state index is 11.5. The average molecular weight is 176 g/mol. The Morgan fingerprint density at radius 3 is 2.62 bits per heavy atom. The van der Waals surface area contributed by atoms with E-state index in [4.69, 9.17) is 0 Å². The molecule has 0 aromatic heterocycles. The summed E-state index contributed by atoms with van der Waals surface area (Å²) in [5.74, 6) is 0.252. The molecule has 0 spiro atoms. The highest BCUT2D eigenvalue weighted by Crippen LogP contribution is 2.34. The van der Waals surface area contributed by atoms with Crippen LogP contribution in [-0.4, -0.2) is 11.6 Å². The molecule has 0 aliphatic heterocycles. The highest BCUT2D eigenvalue weighted by molar-refractivity contribution is 6.07. The van der Waals surface area contributed by atoms with Crippen LogP contribution in [0.2, 0.25) is 0 Å². The molecule has 0 saturated carbocycles. The average Bonchev–Trinajstić information content (AvgIpc) is 2.12. The van der Waals surface area contributed by atoms with Crippen molar-refractivity contribution in [2.45, 2.75) is 13.3 Å². The van der Waals surface area contributed by atoms with Gasteiger partial charge >= 0.3 is 0 Å². The first-order valence-corrected chi connectivity index (χ1v) is 4.62. The van der Waals surface area contributed by atoms with E-state index in [1.807, 2.05) is 19.1 Å². The van der Waals surface area contributed by atoms with E-state index in [1.54, 1.807) is 0 Å². The number of hydrogen-bond donors (Lipinski definition) is 0. The van der Waals surface area contributed by atoms with E-state index in [0.29, 0.717) is 0 Å². The first-order valence-electron chi connectivity index (χ1n) is 4.62. The number of hydrogen-bond acceptors (Lipinski definition) is 2. The van der Waals surface area contributed by atoms with E-state index in [9.17, 15) is 9.59 Å². The van der Waals surface area contributed by atoms with Crippen molar-refractivity contribution in [3.8, 4) is 0 Å². The molecular formula is C11H12O2. The van der Waals surface area contributed by atoms with Crippen molar-refractivity contribution in [3.05, 3.63) is 24.3 Å². The van der Waals surface area contributed by atoms with E-state index < -0.39 is 0 Å². The molecule has 68 valence electrons. The van der Waals surface area contributed by atoms with Gasteiger partial charge in [-0.25, -0.2) is 0 Å². The standard InChI is InChI=1S/C11H12O2/c1-7-3-2-4-8-9(12)5-6-10(13)11(7)8/h2-3,5-8,11H,4H2,1H3/t7-,8+,11+/m0/s1. The molecule has 0 amide bonds. The number of rotatable bonds is 0. The molecule has 3 atom stereocenters. The smallest absolute Gasteiger partial charge is 0.160 e. The van der Waals surface area contributed by atoms with Crippen LogP contribution in [0.5, 0.6) is 0 Å². The third-order valence-corrected chi connectivity index (χ3v) is 2.94. The summed E-state index contributed by atoms with van der Waals surface area (Å²) in [6.07, 6.45) is 7.63. The topological polar surface area (TPSA) is 34.1 Å². The van der Waals surface area contributed by atoms with Gasteiger partial charge in [0, 0.05) is 11.8 Å². The lowest BCUT2D eigenvalue weighted by molar-refractivity contribution is -0.130. The van der Waals surface area contributed by atoms with Crippen molar-refractivity contribution in [1.82, 2.24) is 0 Å². The van der Waals surface area contributed by atoms with Gasteiger partial charge in [-0.2, -0.15) is 0 Å². The Labute approximate surface area is 77.3 Å². The van der Waals surface area contributed by atoms with Gasteiger partial charge in [0.25, 0.3) is 0 Å². The Morgan fingerprint density at radius 1 is 1.23 bits per heavy atom. The number of carbonyl (C=O) groups excluding carboxylic acids is 2. The Morgan fingerprint density at radius 2 is 1.92 bits per heavy atom. The molecule has 0 radical (unpaired) electrons. The number of ketones is 2. The van der Waals surface area contributed by atoms with Gasteiger partial charge in [0.1, 0.15) is 0 Å². The molecule has 0 heterocycles. The van der Waals surface area contributed by atoms with Gasteiger partial charge < -0.3 is 0 Å². The molecule has 0 fully saturated rings. The zero-order valence-corrected chi connectivity index (χ0v) is 7.57. The summed E-state index contributed by atoms with van der Waals surface area (Å²) >= 11 is 0. The predicted octanol–water partition coefficient (Wildman–Crippen LogP) is 1.52. The van der Waals surface area contributed by atoms with Crippen molar-refractivity contribution in [1.29, 1.82) is 0 Å². The van der Waals surface area contributed by atoms with Gasteiger partial charge in [-0.1, -0.05) is 19.1 Å². The summed E-state index contributed by atoms with van der Waals surface area (Å²) in [6, 6.07) is 0. The normalized spacial score (nSPS) is 37.8. The van der Waals surface area contributed by atoms with Crippen molar-refractivity contribution >= 4 is 11.6 Å². The molecule has 2 heteroatoms. The third kappa shape index (κ3) is 1.26. The second kappa shape index (κ2) is 2.95. The summed E-state index contributed by atoms with van der Waals surface area (Å²) in [6.45, 7) is 2.00. The van der Waals surface area contributed by atoms with E-state index >= 15 is 0 Å². The zero-order chi connectivity index (χ0) is 9.42. The lowest BCUT2D eigenvalue weighted by atomic mass is 9.70. The van der Waals surface area contributed by atoms with Crippen molar-refractivity contribution < 1.29 is 9.59 Å². The van der Waals surface area contributed by atoms with Crippen LogP contribution in [0.4, 0.5) is 0 Å². The molecule has 0 aromatic rings. The highest BCUT2D eigenvalue weighted by Gasteiger charge is 2.38. The molecule has 2 aliphatic rings. The third-order valence-electron chi connectivity index (χ3n) is 2.94. The lowest BCUT2D eigenvalue weighted by Gasteiger charge is -2.31. The predicted molar refractivity (Wildman–Crippen MR) is 49.1 cm³/mol. The molecule has 0 bridgehead atoms. The number of fused-ring (bicyclic) bond motifs is 1. The highest BCUT2D eigenvalue weighted by atomic mass is 16.1. The van der Waals surface area contributed by atoms with Crippen LogP contribution >= 0.6 is 0 Å². The number of carbonyl (C=O) groups is 2. The van der Waals surface area contributed by atoms with Crippen LogP contribution in [-0.2, 0) is 9.59 Å². The largest absolute Gasteiger partial charge is 0.295 e. The van der Waals surface area contributed by atoms with Crippen molar-refractivity contribution in [2.75, 3.05) is 0 Å². The monoisotopic (exact) mass is 176 g/mol. The Balaban J connectivity index is 2.37. The molecule has 13 heavy (non-hydrogen) atoms. The molecule has 0 saturated heterocycles. The second-order valence-electron chi connectivity index (χ2n) is 3.79. The SMILES string of the molecule is C[C@H]1C=CC[C@@H]2C(=O)C=CC(=O)[C@@H]21. The molecule has 2 aliphatic carbocycles. The lowest BCUT2D eigenvalue weighted by Crippen LogP contribution is -2.37. The van der Waals surface area contributed by atoms with Crippen molar-refractivity contribution in [2.24, 2.45) is 17.8 Å². The van der Waals surface area contributed by atoms with Crippen LogP contribution in [0.3, 0.4) is 0 Å². The van der Waals surface area contributed by atoms with Crippen LogP contribution in [0.15, 0.2) is 24.3 Å². The summed E-state index contributed by atoms with van der Waals surface area (Å²) in [5, 5.41) is 0. The van der Waals surface area contributed by atoms with E-state index in [0.717, 1.165) is 6.42 Å². The van der Waals surface area contributed by atoms with E-state index in [2.05, 4.69) is 0 Å². The Kier molecular flexibility index (Phi) is 1.91. The van der Waals surface area contributed by atoms with Crippen molar-refractivity contribution in [3.63, 3.8) is 0 Å². The van der Waals surface area contributed by atoms with Crippen LogP contribution < -0.4 is 0 Å². The van der Waals surface area contributed by atoms with Crippen LogP contribution in [0.1, 0.15) is 13.3 Å². The number of allylic oxidation sites excluding steroid dienone is 4. The minimum absolute atomic E-state index is 0.0856. The van der Waals surface area contributed by atoms with E-state index in [-0.39, 0.29) is 29.3 Å². The second-order valence-corrected chi connectivity index (χ2v) is 3.79. The Hall–Kier alpha value is -1.18. The molecular weight excluding hydrogens is 164 g/mol. The first-order chi connectivity index (χ1) is 6.20. The zero-order valence-electron chi connectivity index (χ0n) is 7.57. The summed E-state index contributed by atoms with van der Waals surface area (Å²) in [5.41, 5.74) is 0. The Bertz CT molecular complexity index is 312. The van der Waals surface area contributed by atoms with Gasteiger partial charge in [-0.3, -0.25) is 9.59 Å². The summed E-state index contributed by atoms with van der Waals surface area (Å²) in [4.78, 5) is 23.0. The quantitative estimate of drug-likeness (QED) is 0.524. The van der Waals surface area contributed by atoms with Gasteiger partial charge in [0.2, 0.25) is 0 Å². The van der Waals surface area contributed by atoms with Gasteiger partial charge in [-0.15, -0.1) is 0 Å². The van der Waals surface area contributed by atoms with Gasteiger partial charge in [0.15, 0.2) is 11.6 Å². The molecule has 0 unspecified atom stereocenters. The summed E-state index contributed by atoms with van der Waals surface area (Å²) < 4.78 is 0. The summed E-state index contributed by atoms with van der Waals surface area (Å²) in [7, 11) is 0. The molecule has 0 N–H and O–H groups in total. The maximum atomic E-state index is 11.5. The minimum Gasteiger partial charge on any atom is -0.295 e.